The van der Waals surface area contributed by atoms with Gasteiger partial charge in [0.1, 0.15) is 5.82 Å². The van der Waals surface area contributed by atoms with Crippen molar-refractivity contribution in [3.63, 3.8) is 0 Å². The zero-order valence-electron chi connectivity index (χ0n) is 25.0. The fraction of sp³-hybridized carbons (Fsp3) is 0.472. The summed E-state index contributed by atoms with van der Waals surface area (Å²) in [5.74, 6) is 7.75. The topological polar surface area (TPSA) is 125 Å². The molecule has 0 saturated heterocycles. The number of nitrogens with one attached hydrogen (secondary N) is 1. The lowest BCUT2D eigenvalue weighted by Crippen LogP contribution is -2.36. The Morgan fingerprint density at radius 1 is 1.07 bits per heavy atom. The summed E-state index contributed by atoms with van der Waals surface area (Å²) in [7, 11) is 0. The number of fused-ring (bicyclic) bond motifs is 1. The molecule has 0 radical (unpaired) electrons. The minimum absolute atomic E-state index is 0.0806. The summed E-state index contributed by atoms with van der Waals surface area (Å²) in [6, 6.07) is 13.4. The number of nitrogens with zero attached hydrogens (tertiary/aromatic N) is 1. The summed E-state index contributed by atoms with van der Waals surface area (Å²) in [4.78, 5) is 7.42. The number of nitrogen functional groups attached to an aromatic ring is 1. The predicted octanol–water partition coefficient (Wildman–Crippen LogP) is 6.09. The molecule has 0 fully saturated rings. The van der Waals surface area contributed by atoms with E-state index in [1.165, 1.54) is 0 Å². The van der Waals surface area contributed by atoms with E-state index < -0.39 is 12.2 Å². The number of phenolic OH excluding ortho intramolecular Hbond substituents is 1. The third kappa shape index (κ3) is 8.01. The van der Waals surface area contributed by atoms with Crippen LogP contribution in [0.2, 0.25) is 0 Å². The minimum atomic E-state index is -0.700. The van der Waals surface area contributed by atoms with Gasteiger partial charge in [0.05, 0.1) is 18.8 Å². The summed E-state index contributed by atoms with van der Waals surface area (Å²) in [6.45, 7) is 2.57. The maximum atomic E-state index is 11.4. The van der Waals surface area contributed by atoms with Gasteiger partial charge < -0.3 is 30.8 Å². The number of aromatic amines is 1. The SMILES string of the molecule is CC[C@@H]1C#C[C@@H]2C=C[C@H](c3ccc(O)c(OCC[C@H](Cc4ccc[nH]4)c4ccnc(N)c4)c3)C[C@@H](O)[C@H]2[C@@H](O)CCCC1. The van der Waals surface area contributed by atoms with E-state index in [1.54, 1.807) is 12.3 Å². The maximum absolute atomic E-state index is 11.4. The highest BCUT2D eigenvalue weighted by Crippen LogP contribution is 2.39. The van der Waals surface area contributed by atoms with Crippen molar-refractivity contribution < 1.29 is 20.1 Å². The van der Waals surface area contributed by atoms with Crippen LogP contribution in [-0.2, 0) is 6.42 Å². The summed E-state index contributed by atoms with van der Waals surface area (Å²) in [6.07, 6.45) is 13.3. The first-order valence-electron chi connectivity index (χ1n) is 15.8. The smallest absolute Gasteiger partial charge is 0.161 e. The number of hydrogen-bond acceptors (Lipinski definition) is 6. The molecule has 2 heterocycles. The van der Waals surface area contributed by atoms with Crippen molar-refractivity contribution >= 4 is 5.82 Å². The minimum Gasteiger partial charge on any atom is -0.504 e. The molecule has 7 heteroatoms. The monoisotopic (exact) mass is 583 g/mol. The Balaban J connectivity index is 1.31. The Hall–Kier alpha value is -3.73. The van der Waals surface area contributed by atoms with Crippen molar-refractivity contribution in [1.29, 1.82) is 0 Å². The number of pyridine rings is 1. The molecule has 7 nitrogen and oxygen atoms in total. The van der Waals surface area contributed by atoms with E-state index in [-0.39, 0.29) is 29.4 Å². The molecule has 2 aliphatic carbocycles. The molecule has 43 heavy (non-hydrogen) atoms. The predicted molar refractivity (Wildman–Crippen MR) is 170 cm³/mol. The second-order valence-electron chi connectivity index (χ2n) is 12.1. The molecule has 3 aromatic rings. The second kappa shape index (κ2) is 14.6. The summed E-state index contributed by atoms with van der Waals surface area (Å²) >= 11 is 0. The molecular weight excluding hydrogens is 538 g/mol. The van der Waals surface area contributed by atoms with Crippen LogP contribution < -0.4 is 10.5 Å². The number of allylic oxidation sites excluding steroid dienone is 2. The van der Waals surface area contributed by atoms with Crippen molar-refractivity contribution in [1.82, 2.24) is 9.97 Å². The van der Waals surface area contributed by atoms with Crippen molar-refractivity contribution in [2.75, 3.05) is 12.3 Å². The molecule has 0 spiro atoms. The van der Waals surface area contributed by atoms with Crippen LogP contribution in [0.15, 0.2) is 67.0 Å². The normalized spacial score (nSPS) is 26.4. The molecule has 0 unspecified atom stereocenters. The highest BCUT2D eigenvalue weighted by atomic mass is 16.5. The number of H-pyrrole nitrogens is 1. The number of aromatic nitrogens is 2. The molecule has 228 valence electrons. The molecule has 7 atom stereocenters. The fourth-order valence-electron chi connectivity index (χ4n) is 6.59. The van der Waals surface area contributed by atoms with E-state index in [2.05, 4.69) is 47.0 Å². The summed E-state index contributed by atoms with van der Waals surface area (Å²) in [5.41, 5.74) is 9.15. The van der Waals surface area contributed by atoms with E-state index in [1.807, 2.05) is 36.5 Å². The molecule has 1 aromatic carbocycles. The Labute approximate surface area is 255 Å². The zero-order chi connectivity index (χ0) is 30.2. The number of rotatable bonds is 9. The van der Waals surface area contributed by atoms with Gasteiger partial charge in [-0.1, -0.05) is 49.8 Å². The lowest BCUT2D eigenvalue weighted by atomic mass is 9.79. The number of phenols is 1. The Morgan fingerprint density at radius 2 is 1.93 bits per heavy atom. The van der Waals surface area contributed by atoms with E-state index in [9.17, 15) is 15.3 Å². The van der Waals surface area contributed by atoms with E-state index in [0.29, 0.717) is 43.4 Å². The van der Waals surface area contributed by atoms with E-state index in [4.69, 9.17) is 10.5 Å². The highest BCUT2D eigenvalue weighted by molar-refractivity contribution is 5.44. The average Bonchev–Trinajstić information content (AvgIpc) is 3.45. The van der Waals surface area contributed by atoms with Gasteiger partial charge in [-0.25, -0.2) is 4.98 Å². The number of hydrogen-bond donors (Lipinski definition) is 5. The van der Waals surface area contributed by atoms with Gasteiger partial charge in [-0.05, 0) is 92.0 Å². The van der Waals surface area contributed by atoms with Crippen LogP contribution in [0.4, 0.5) is 5.82 Å². The third-order valence-electron chi connectivity index (χ3n) is 9.14. The van der Waals surface area contributed by atoms with Gasteiger partial charge in [0.2, 0.25) is 0 Å². The van der Waals surface area contributed by atoms with Crippen molar-refractivity contribution in [3.8, 4) is 23.3 Å². The molecular formula is C36H45N3O4. The largest absolute Gasteiger partial charge is 0.504 e. The van der Waals surface area contributed by atoms with Crippen LogP contribution in [0.1, 0.15) is 80.5 Å². The highest BCUT2D eigenvalue weighted by Gasteiger charge is 2.36. The molecule has 0 saturated carbocycles. The van der Waals surface area contributed by atoms with Crippen LogP contribution in [-0.4, -0.2) is 44.1 Å². The number of aliphatic hydroxyl groups is 2. The van der Waals surface area contributed by atoms with Gasteiger partial charge in [0.15, 0.2) is 11.5 Å². The first kappa shape index (κ1) is 30.7. The Kier molecular flexibility index (Phi) is 10.5. The van der Waals surface area contributed by atoms with Crippen LogP contribution in [0.3, 0.4) is 0 Å². The van der Waals surface area contributed by atoms with Crippen molar-refractivity contribution in [3.05, 3.63) is 83.8 Å². The number of benzene rings is 1. The van der Waals surface area contributed by atoms with Crippen LogP contribution in [0.5, 0.6) is 11.5 Å². The van der Waals surface area contributed by atoms with E-state index in [0.717, 1.165) is 48.9 Å². The molecule has 2 aromatic heterocycles. The number of aliphatic hydroxyl groups excluding tert-OH is 2. The van der Waals surface area contributed by atoms with Crippen molar-refractivity contribution in [2.45, 2.75) is 82.3 Å². The van der Waals surface area contributed by atoms with Gasteiger partial charge >= 0.3 is 0 Å². The summed E-state index contributed by atoms with van der Waals surface area (Å²) < 4.78 is 6.17. The van der Waals surface area contributed by atoms with Crippen LogP contribution in [0.25, 0.3) is 0 Å². The molecule has 5 rings (SSSR count). The van der Waals surface area contributed by atoms with Gasteiger partial charge in [0.25, 0.3) is 0 Å². The van der Waals surface area contributed by atoms with Gasteiger partial charge in [-0.15, -0.1) is 0 Å². The number of aromatic hydroxyl groups is 1. The standard InChI is InChI=1S/C36H45N3O4/c1-2-24-6-3-4-8-32(41)36-25(10-9-24)11-12-26(21-33(36)42)27-13-14-31(40)34(22-27)43-19-16-29(20-30-7-5-17-38-30)28-15-18-39-35(37)23-28/h5,7,11-15,17-18,22-26,29,32-33,36,38,40-42H,2-4,6,8,16,19-21H2,1H3,(H2,37,39)/t24-,25+,26-,29+,32-,33+,36+/m0/s1. The van der Waals surface area contributed by atoms with Crippen LogP contribution in [0, 0.1) is 29.6 Å². The lowest BCUT2D eigenvalue weighted by molar-refractivity contribution is -0.00705. The fourth-order valence-corrected chi connectivity index (χ4v) is 6.59. The third-order valence-corrected chi connectivity index (χ3v) is 9.14. The quantitative estimate of drug-likeness (QED) is 0.153. The van der Waals surface area contributed by atoms with Gasteiger partial charge in [-0.3, -0.25) is 0 Å². The lowest BCUT2D eigenvalue weighted by Gasteiger charge is -2.31. The number of anilines is 1. The molecule has 6 N–H and O–H groups in total. The number of nitrogens with two attached hydrogens (primary N) is 1. The molecule has 2 aliphatic rings. The molecule has 0 aliphatic heterocycles. The summed E-state index contributed by atoms with van der Waals surface area (Å²) in [5, 5.41) is 33.1. The first-order chi connectivity index (χ1) is 20.9. The van der Waals surface area contributed by atoms with Crippen LogP contribution >= 0.6 is 0 Å². The first-order valence-corrected chi connectivity index (χ1v) is 15.8. The molecule has 0 bridgehead atoms. The van der Waals surface area contributed by atoms with Crippen molar-refractivity contribution in [2.24, 2.45) is 17.8 Å². The van der Waals surface area contributed by atoms with Gasteiger partial charge in [-0.2, -0.15) is 0 Å². The Morgan fingerprint density at radius 3 is 2.72 bits per heavy atom. The average molecular weight is 584 g/mol. The van der Waals surface area contributed by atoms with Gasteiger partial charge in [0, 0.05) is 41.8 Å². The maximum Gasteiger partial charge on any atom is 0.161 e. The second-order valence-corrected chi connectivity index (χ2v) is 12.1. The zero-order valence-corrected chi connectivity index (χ0v) is 25.0. The number of ether oxygens (including phenoxy) is 1. The van der Waals surface area contributed by atoms with E-state index >= 15 is 0 Å². The molecule has 0 amide bonds. The Bertz CT molecular complexity index is 1410.